The fourth-order valence-electron chi connectivity index (χ4n) is 4.56. The van der Waals surface area contributed by atoms with E-state index >= 15 is 0 Å². The van der Waals surface area contributed by atoms with E-state index in [1.165, 1.54) is 0 Å². The van der Waals surface area contributed by atoms with E-state index in [0.29, 0.717) is 5.75 Å². The first-order valence-corrected chi connectivity index (χ1v) is 14.1. The van der Waals surface area contributed by atoms with Gasteiger partial charge in [-0.3, -0.25) is 0 Å². The summed E-state index contributed by atoms with van der Waals surface area (Å²) >= 11 is 1.55. The van der Waals surface area contributed by atoms with Crippen LogP contribution in [0.4, 0.5) is 4.79 Å². The van der Waals surface area contributed by atoms with Crippen LogP contribution in [-0.2, 0) is 9.53 Å². The number of ether oxygens (including phenoxy) is 1. The van der Waals surface area contributed by atoms with E-state index in [9.17, 15) is 14.7 Å². The van der Waals surface area contributed by atoms with Crippen LogP contribution in [0.1, 0.15) is 27.2 Å². The molecule has 0 radical (unpaired) electrons. The van der Waals surface area contributed by atoms with Crippen molar-refractivity contribution in [3.05, 3.63) is 91.0 Å². The number of nitrogens with one attached hydrogen (secondary N) is 1. The lowest BCUT2D eigenvalue weighted by molar-refractivity contribution is -0.139. The van der Waals surface area contributed by atoms with Gasteiger partial charge in [0, 0.05) is 27.0 Å². The highest BCUT2D eigenvalue weighted by molar-refractivity contribution is 7.99. The number of aliphatic carboxylic acids is 1. The number of carboxylic acid groups (broad SMARTS) is 1. The summed E-state index contributed by atoms with van der Waals surface area (Å²) in [6, 6.07) is 30.0. The topological polar surface area (TPSA) is 88.8 Å². The SMILES string of the molecule is CC(C)(C)OC(=O)N[C@H](CCSc1ccc(-c2ccc(-c3cccc4c3oc3ccccc34)cc2)cc1)C(=O)O. The average Bonchev–Trinajstić information content (AvgIpc) is 3.31. The van der Waals surface area contributed by atoms with Crippen molar-refractivity contribution in [2.45, 2.75) is 43.7 Å². The predicted molar refractivity (Wildman–Crippen MR) is 161 cm³/mol. The fourth-order valence-corrected chi connectivity index (χ4v) is 5.48. The molecule has 0 saturated carbocycles. The third-order valence-electron chi connectivity index (χ3n) is 6.45. The molecule has 1 atom stereocenters. The number of benzene rings is 4. The Labute approximate surface area is 237 Å². The van der Waals surface area contributed by atoms with E-state index in [2.05, 4.69) is 66.0 Å². The number of thioether (sulfide) groups is 1. The van der Waals surface area contributed by atoms with Gasteiger partial charge in [0.05, 0.1) is 0 Å². The zero-order valence-electron chi connectivity index (χ0n) is 22.6. The first kappa shape index (κ1) is 27.3. The van der Waals surface area contributed by atoms with E-state index in [0.717, 1.165) is 49.1 Å². The largest absolute Gasteiger partial charge is 0.480 e. The number of amides is 1. The molecule has 6 nitrogen and oxygen atoms in total. The van der Waals surface area contributed by atoms with Gasteiger partial charge in [-0.2, -0.15) is 0 Å². The number of para-hydroxylation sites is 2. The molecule has 0 saturated heterocycles. The van der Waals surface area contributed by atoms with Crippen molar-refractivity contribution in [2.75, 3.05) is 5.75 Å². The summed E-state index contributed by atoms with van der Waals surface area (Å²) in [6.07, 6.45) is -0.449. The molecule has 0 aliphatic heterocycles. The molecule has 0 fully saturated rings. The molecule has 5 aromatic rings. The van der Waals surface area contributed by atoms with Gasteiger partial charge in [0.2, 0.25) is 0 Å². The molecular weight excluding hydrogens is 522 g/mol. The fraction of sp³-hybridized carbons (Fsp3) is 0.212. The number of carbonyl (C=O) groups excluding carboxylic acids is 1. The van der Waals surface area contributed by atoms with Crippen LogP contribution in [0.25, 0.3) is 44.2 Å². The molecule has 0 aliphatic carbocycles. The molecule has 1 heterocycles. The minimum absolute atomic E-state index is 0.278. The van der Waals surface area contributed by atoms with Gasteiger partial charge in [0.25, 0.3) is 0 Å². The van der Waals surface area contributed by atoms with Crippen molar-refractivity contribution in [3.8, 4) is 22.3 Å². The van der Waals surface area contributed by atoms with Gasteiger partial charge in [-0.1, -0.05) is 72.8 Å². The maximum Gasteiger partial charge on any atom is 0.408 e. The number of hydrogen-bond donors (Lipinski definition) is 2. The summed E-state index contributed by atoms with van der Waals surface area (Å²) in [5, 5.41) is 14.1. The maximum absolute atomic E-state index is 12.0. The Hall–Kier alpha value is -4.23. The standard InChI is InChI=1S/C33H31NO5S/c1-33(2,3)39-32(37)34-28(31(35)36)19-20-40-24-17-15-22(16-18-24)21-11-13-23(14-12-21)25-8-6-9-27-26-7-4-5-10-29(26)38-30(25)27/h4-18,28H,19-20H2,1-3H3,(H,34,37)(H,35,36)/t28-/m1/s1. The number of fused-ring (bicyclic) bond motifs is 3. The average molecular weight is 554 g/mol. The number of alkyl carbamates (subject to hydrolysis) is 1. The third-order valence-corrected chi connectivity index (χ3v) is 7.50. The highest BCUT2D eigenvalue weighted by Crippen LogP contribution is 2.36. The molecule has 7 heteroatoms. The lowest BCUT2D eigenvalue weighted by Gasteiger charge is -2.21. The smallest absolute Gasteiger partial charge is 0.408 e. The van der Waals surface area contributed by atoms with Crippen LogP contribution in [0, 0.1) is 0 Å². The highest BCUT2D eigenvalue weighted by atomic mass is 32.2. The first-order valence-electron chi connectivity index (χ1n) is 13.1. The molecule has 1 amide bonds. The maximum atomic E-state index is 12.0. The number of rotatable bonds is 8. The zero-order chi connectivity index (χ0) is 28.3. The van der Waals surface area contributed by atoms with E-state index in [1.54, 1.807) is 32.5 Å². The molecule has 0 aliphatic rings. The van der Waals surface area contributed by atoms with Gasteiger partial charge in [0.15, 0.2) is 0 Å². The van der Waals surface area contributed by atoms with Crippen molar-refractivity contribution in [3.63, 3.8) is 0 Å². The van der Waals surface area contributed by atoms with Gasteiger partial charge >= 0.3 is 12.1 Å². The lowest BCUT2D eigenvalue weighted by Crippen LogP contribution is -2.43. The van der Waals surface area contributed by atoms with Crippen molar-refractivity contribution < 1.29 is 23.8 Å². The van der Waals surface area contributed by atoms with Crippen molar-refractivity contribution in [2.24, 2.45) is 0 Å². The van der Waals surface area contributed by atoms with Gasteiger partial charge in [-0.25, -0.2) is 9.59 Å². The Morgan fingerprint density at radius 3 is 2.15 bits per heavy atom. The van der Waals surface area contributed by atoms with Crippen LogP contribution in [0.15, 0.2) is 100 Å². The second kappa shape index (κ2) is 11.5. The predicted octanol–water partition coefficient (Wildman–Crippen LogP) is 8.38. The molecule has 0 spiro atoms. The van der Waals surface area contributed by atoms with Crippen molar-refractivity contribution >= 4 is 45.8 Å². The Kier molecular flexibility index (Phi) is 7.85. The number of carboxylic acids is 1. The summed E-state index contributed by atoms with van der Waals surface area (Å²) in [6.45, 7) is 5.21. The molecule has 40 heavy (non-hydrogen) atoms. The molecule has 1 aromatic heterocycles. The van der Waals surface area contributed by atoms with Crippen LogP contribution < -0.4 is 5.32 Å². The second-order valence-corrected chi connectivity index (χ2v) is 11.7. The van der Waals surface area contributed by atoms with Crippen LogP contribution >= 0.6 is 11.8 Å². The molecule has 0 unspecified atom stereocenters. The van der Waals surface area contributed by atoms with Gasteiger partial charge < -0.3 is 19.6 Å². The monoisotopic (exact) mass is 553 g/mol. The van der Waals surface area contributed by atoms with Crippen molar-refractivity contribution in [1.29, 1.82) is 0 Å². The number of hydrogen-bond acceptors (Lipinski definition) is 5. The summed E-state index contributed by atoms with van der Waals surface area (Å²) in [7, 11) is 0. The molecule has 2 N–H and O–H groups in total. The summed E-state index contributed by atoms with van der Waals surface area (Å²) in [5.74, 6) is -0.546. The van der Waals surface area contributed by atoms with E-state index < -0.39 is 23.7 Å². The van der Waals surface area contributed by atoms with Gasteiger partial charge in [0.1, 0.15) is 22.8 Å². The number of carbonyl (C=O) groups is 2. The second-order valence-electron chi connectivity index (χ2n) is 10.6. The normalized spacial score (nSPS) is 12.4. The summed E-state index contributed by atoms with van der Waals surface area (Å²) in [5.41, 5.74) is 5.44. The minimum Gasteiger partial charge on any atom is -0.480 e. The Balaban J connectivity index is 1.22. The lowest BCUT2D eigenvalue weighted by atomic mass is 9.99. The van der Waals surface area contributed by atoms with E-state index in [4.69, 9.17) is 9.15 Å². The van der Waals surface area contributed by atoms with Gasteiger partial charge in [-0.05, 0) is 62.1 Å². The minimum atomic E-state index is -1.08. The van der Waals surface area contributed by atoms with Crippen LogP contribution in [0.2, 0.25) is 0 Å². The third kappa shape index (κ3) is 6.32. The van der Waals surface area contributed by atoms with Crippen LogP contribution in [0.3, 0.4) is 0 Å². The highest BCUT2D eigenvalue weighted by Gasteiger charge is 2.23. The van der Waals surface area contributed by atoms with E-state index in [1.807, 2.05) is 30.3 Å². The molecule has 204 valence electrons. The first-order chi connectivity index (χ1) is 19.2. The molecular formula is C33H31NO5S. The van der Waals surface area contributed by atoms with Crippen LogP contribution in [0.5, 0.6) is 0 Å². The Morgan fingerprint density at radius 1 is 0.850 bits per heavy atom. The number of furan rings is 1. The summed E-state index contributed by atoms with van der Waals surface area (Å²) < 4.78 is 11.4. The quantitative estimate of drug-likeness (QED) is 0.188. The molecule has 5 rings (SSSR count). The molecule has 4 aromatic carbocycles. The molecule has 0 bridgehead atoms. The van der Waals surface area contributed by atoms with Crippen molar-refractivity contribution in [1.82, 2.24) is 5.32 Å². The zero-order valence-corrected chi connectivity index (χ0v) is 23.5. The van der Waals surface area contributed by atoms with E-state index in [-0.39, 0.29) is 6.42 Å². The Morgan fingerprint density at radius 2 is 1.48 bits per heavy atom. The summed E-state index contributed by atoms with van der Waals surface area (Å²) in [4.78, 5) is 24.6. The van der Waals surface area contributed by atoms with Gasteiger partial charge in [-0.15, -0.1) is 11.8 Å². The van der Waals surface area contributed by atoms with Crippen LogP contribution in [-0.4, -0.2) is 34.6 Å². The Bertz CT molecular complexity index is 1650.